The number of halogens is 2. The second-order valence-electron chi connectivity index (χ2n) is 10.2. The number of nitrogens with zero attached hydrogens (tertiary/aromatic N) is 1. The highest BCUT2D eigenvalue weighted by atomic mass is 32.1. The molecular weight excluding hydrogens is 588 g/mol. The van der Waals surface area contributed by atoms with Crippen LogP contribution in [0.2, 0.25) is 0 Å². The number of carbonyl (C=O) groups is 2. The number of carbonyl (C=O) groups excluding carboxylic acids is 2. The van der Waals surface area contributed by atoms with Crippen LogP contribution in [0.25, 0.3) is 10.9 Å². The summed E-state index contributed by atoms with van der Waals surface area (Å²) in [6, 6.07) is 14.3. The van der Waals surface area contributed by atoms with Crippen LogP contribution in [0.1, 0.15) is 25.7 Å². The van der Waals surface area contributed by atoms with Crippen LogP contribution in [0.3, 0.4) is 0 Å². The Kier molecular flexibility index (Phi) is 9.64. The van der Waals surface area contributed by atoms with Crippen LogP contribution in [0, 0.1) is 17.0 Å². The molecule has 11 heteroatoms. The van der Waals surface area contributed by atoms with E-state index in [2.05, 4.69) is 34.3 Å². The fourth-order valence-corrected chi connectivity index (χ4v) is 4.68. The fourth-order valence-electron chi connectivity index (χ4n) is 4.53. The number of benzene rings is 3. The van der Waals surface area contributed by atoms with E-state index in [1.165, 1.54) is 43.5 Å². The first kappa shape index (κ1) is 30.8. The molecule has 0 aliphatic heterocycles. The van der Waals surface area contributed by atoms with Crippen molar-refractivity contribution in [3.05, 3.63) is 90.6 Å². The summed E-state index contributed by atoms with van der Waals surface area (Å²) in [5, 5.41) is 5.86. The van der Waals surface area contributed by atoms with Crippen LogP contribution < -0.4 is 24.8 Å². The van der Waals surface area contributed by atoms with E-state index in [0.717, 1.165) is 24.7 Å². The molecule has 44 heavy (non-hydrogen) atoms. The Morgan fingerprint density at radius 2 is 1.59 bits per heavy atom. The van der Waals surface area contributed by atoms with Crippen LogP contribution in [-0.2, 0) is 9.59 Å². The molecule has 2 amide bonds. The van der Waals surface area contributed by atoms with Gasteiger partial charge in [0.05, 0.1) is 19.2 Å². The molecule has 0 bridgehead atoms. The summed E-state index contributed by atoms with van der Waals surface area (Å²) in [6.45, 7) is 0.454. The summed E-state index contributed by atoms with van der Waals surface area (Å²) < 4.78 is 45.7. The van der Waals surface area contributed by atoms with Crippen molar-refractivity contribution in [3.8, 4) is 23.0 Å². The monoisotopic (exact) mass is 619 g/mol. The van der Waals surface area contributed by atoms with Gasteiger partial charge in [-0.25, -0.2) is 8.78 Å². The van der Waals surface area contributed by atoms with Crippen LogP contribution in [0.15, 0.2) is 79.0 Å². The van der Waals surface area contributed by atoms with Crippen molar-refractivity contribution in [2.45, 2.75) is 25.7 Å². The van der Waals surface area contributed by atoms with Crippen molar-refractivity contribution >= 4 is 46.7 Å². The third-order valence-corrected chi connectivity index (χ3v) is 7.38. The number of fused-ring (bicyclic) bond motifs is 1. The molecule has 228 valence electrons. The van der Waals surface area contributed by atoms with Gasteiger partial charge in [-0.15, -0.1) is 0 Å². The van der Waals surface area contributed by atoms with E-state index in [0.29, 0.717) is 53.3 Å². The van der Waals surface area contributed by atoms with Crippen molar-refractivity contribution in [1.29, 1.82) is 0 Å². The lowest BCUT2D eigenvalue weighted by Crippen LogP contribution is -2.35. The summed E-state index contributed by atoms with van der Waals surface area (Å²) in [7, 11) is 1.53. The normalized spacial score (nSPS) is 13.5. The van der Waals surface area contributed by atoms with E-state index < -0.39 is 28.9 Å². The van der Waals surface area contributed by atoms with Crippen molar-refractivity contribution in [3.63, 3.8) is 0 Å². The Balaban J connectivity index is 1.26. The average Bonchev–Trinajstić information content (AvgIpc) is 3.84. The third kappa shape index (κ3) is 7.11. The number of nitrogens with one attached hydrogen (secondary N) is 2. The van der Waals surface area contributed by atoms with Gasteiger partial charge < -0.3 is 24.8 Å². The topological polar surface area (TPSA) is 98.8 Å². The van der Waals surface area contributed by atoms with E-state index in [1.807, 2.05) is 6.08 Å². The highest BCUT2D eigenvalue weighted by Gasteiger charge is 2.56. The van der Waals surface area contributed by atoms with Gasteiger partial charge in [-0.1, -0.05) is 12.2 Å². The average molecular weight is 620 g/mol. The van der Waals surface area contributed by atoms with Gasteiger partial charge in [0.25, 0.3) is 0 Å². The Morgan fingerprint density at radius 3 is 2.27 bits per heavy atom. The Bertz CT molecular complexity index is 1690. The van der Waals surface area contributed by atoms with Crippen LogP contribution in [0.4, 0.5) is 20.2 Å². The molecule has 3 aromatic carbocycles. The zero-order chi connectivity index (χ0) is 31.1. The van der Waals surface area contributed by atoms with Crippen molar-refractivity contribution in [1.82, 2.24) is 4.98 Å². The minimum atomic E-state index is -1.28. The minimum absolute atomic E-state index is 0.0713. The maximum absolute atomic E-state index is 15.2. The molecule has 1 heterocycles. The fraction of sp³-hybridized carbons (Fsp3) is 0.242. The first-order chi connectivity index (χ1) is 21.3. The molecule has 0 radical (unpaired) electrons. The number of amides is 2. The number of hydrogen-bond acceptors (Lipinski definition) is 7. The molecule has 1 aliphatic carbocycles. The van der Waals surface area contributed by atoms with Gasteiger partial charge in [-0.05, 0) is 80.0 Å². The summed E-state index contributed by atoms with van der Waals surface area (Å²) in [4.78, 5) is 30.2. The van der Waals surface area contributed by atoms with Crippen LogP contribution in [-0.4, -0.2) is 36.3 Å². The summed E-state index contributed by atoms with van der Waals surface area (Å²) in [5.41, 5.74) is -0.160. The zero-order valence-corrected chi connectivity index (χ0v) is 24.8. The Hall–Kier alpha value is -4.64. The maximum atomic E-state index is 15.2. The molecule has 8 nitrogen and oxygen atoms in total. The van der Waals surface area contributed by atoms with Crippen LogP contribution in [0.5, 0.6) is 23.0 Å². The van der Waals surface area contributed by atoms with Gasteiger partial charge in [0.15, 0.2) is 23.1 Å². The van der Waals surface area contributed by atoms with E-state index in [-0.39, 0.29) is 11.4 Å². The number of anilines is 2. The smallest absolute Gasteiger partial charge is 0.240 e. The molecule has 1 aromatic heterocycles. The second-order valence-corrected chi connectivity index (χ2v) is 10.6. The van der Waals surface area contributed by atoms with Crippen LogP contribution >= 0.6 is 12.6 Å². The van der Waals surface area contributed by atoms with E-state index in [9.17, 15) is 14.0 Å². The minimum Gasteiger partial charge on any atom is -0.493 e. The number of ether oxygens (including phenoxy) is 3. The third-order valence-electron chi connectivity index (χ3n) is 7.12. The number of pyridine rings is 1. The van der Waals surface area contributed by atoms with Crippen molar-refractivity contribution in [2.24, 2.45) is 5.41 Å². The predicted octanol–water partition coefficient (Wildman–Crippen LogP) is 7.32. The molecule has 5 rings (SSSR count). The highest BCUT2D eigenvalue weighted by Crippen LogP contribution is 2.47. The highest BCUT2D eigenvalue weighted by molar-refractivity contribution is 7.80. The first-order valence-electron chi connectivity index (χ1n) is 14.0. The maximum Gasteiger partial charge on any atom is 0.240 e. The molecular formula is C33H31F2N3O5S. The first-order valence-corrected chi connectivity index (χ1v) is 14.7. The van der Waals surface area contributed by atoms with E-state index >= 15 is 4.39 Å². The van der Waals surface area contributed by atoms with Gasteiger partial charge >= 0.3 is 0 Å². The lowest BCUT2D eigenvalue weighted by Gasteiger charge is -2.16. The zero-order valence-electron chi connectivity index (χ0n) is 23.9. The molecule has 1 saturated carbocycles. The number of hydrogen-bond donors (Lipinski definition) is 3. The number of thiol groups is 1. The largest absolute Gasteiger partial charge is 0.493 e. The molecule has 0 spiro atoms. The molecule has 2 N–H and O–H groups in total. The molecule has 1 fully saturated rings. The van der Waals surface area contributed by atoms with Gasteiger partial charge in [-0.2, -0.15) is 12.6 Å². The number of methoxy groups -OCH3 is 1. The number of allylic oxidation sites excluding steroid dienone is 1. The standard InChI is InChI=1S/C33H31F2N3O5S/c1-41-29-19-24-26(20-30(29)42-16-4-2-3-5-17-44)36-15-12-27(24)43-28-11-10-23(18-25(28)35)38-32(40)33(13-14-33)31(39)37-22-8-6-21(34)7-9-22/h2-3,6-12,15,18-20,44H,4-5,13-14,16-17H2,1H3,(H,37,39)(H,38,40)/b3-2+. The summed E-state index contributed by atoms with van der Waals surface area (Å²) in [6.07, 6.45) is 7.95. The van der Waals surface area contributed by atoms with Gasteiger partial charge in [-0.3, -0.25) is 14.6 Å². The quantitative estimate of drug-likeness (QED) is 0.0628. The lowest BCUT2D eigenvalue weighted by molar-refractivity contribution is -0.131. The molecule has 4 aromatic rings. The summed E-state index contributed by atoms with van der Waals surface area (Å²) in [5.74, 6) is -0.140. The predicted molar refractivity (Wildman–Crippen MR) is 168 cm³/mol. The molecule has 0 unspecified atom stereocenters. The van der Waals surface area contributed by atoms with E-state index in [4.69, 9.17) is 14.2 Å². The SMILES string of the molecule is COc1cc2c(Oc3ccc(NC(=O)C4(C(=O)Nc5ccc(F)cc5)CC4)cc3F)ccnc2cc1OCC/C=C/CCS. The van der Waals surface area contributed by atoms with E-state index in [1.54, 1.807) is 24.4 Å². The molecule has 0 saturated heterocycles. The molecule has 0 atom stereocenters. The lowest BCUT2D eigenvalue weighted by atomic mass is 10.0. The Morgan fingerprint density at radius 1 is 0.886 bits per heavy atom. The second kappa shape index (κ2) is 13.8. The number of aromatic nitrogens is 1. The molecule has 1 aliphatic rings. The van der Waals surface area contributed by atoms with Crippen molar-refractivity contribution in [2.75, 3.05) is 30.1 Å². The Labute approximate surface area is 258 Å². The van der Waals surface area contributed by atoms with Crippen molar-refractivity contribution < 1.29 is 32.6 Å². The van der Waals surface area contributed by atoms with Gasteiger partial charge in [0, 0.05) is 35.1 Å². The summed E-state index contributed by atoms with van der Waals surface area (Å²) >= 11 is 4.18. The number of rotatable bonds is 13. The van der Waals surface area contributed by atoms with Gasteiger partial charge in [0.2, 0.25) is 11.8 Å². The van der Waals surface area contributed by atoms with Gasteiger partial charge in [0.1, 0.15) is 17.0 Å².